The fraction of sp³-hybridized carbons (Fsp3) is 0.450. The smallest absolute Gasteiger partial charge is 0.253 e. The molecule has 2 heterocycles. The average molecular weight is 433 g/mol. The van der Waals surface area contributed by atoms with Gasteiger partial charge in [0.2, 0.25) is 10.0 Å². The highest BCUT2D eigenvalue weighted by molar-refractivity contribution is 7.89. The topological polar surface area (TPSA) is 111 Å². The van der Waals surface area contributed by atoms with Gasteiger partial charge in [-0.25, -0.2) is 13.4 Å². The van der Waals surface area contributed by atoms with E-state index in [0.29, 0.717) is 44.3 Å². The highest BCUT2D eigenvalue weighted by Crippen LogP contribution is 2.38. The van der Waals surface area contributed by atoms with Gasteiger partial charge in [-0.3, -0.25) is 14.2 Å². The summed E-state index contributed by atoms with van der Waals surface area (Å²) in [7, 11) is -3.59. The highest BCUT2D eigenvalue weighted by Gasteiger charge is 2.26. The minimum atomic E-state index is -3.59. The minimum absolute atomic E-state index is 0.126. The lowest BCUT2D eigenvalue weighted by molar-refractivity contribution is 0.0730. The third-order valence-electron chi connectivity index (χ3n) is 5.26. The molecule has 2 fully saturated rings. The molecule has 30 heavy (non-hydrogen) atoms. The summed E-state index contributed by atoms with van der Waals surface area (Å²) in [6.45, 7) is 1.97. The maximum Gasteiger partial charge on any atom is 0.253 e. The summed E-state index contributed by atoms with van der Waals surface area (Å²) < 4.78 is 33.3. The standard InChI is InChI=1S/C20H24N4O5S/c25-19-13-18(15-1-2-15)22-14-23(19)8-7-21-20(26)16-3-5-17(6-4-16)30(27,28)24-9-11-29-12-10-24/h3-6,13-15H,1-2,7-12H2,(H,21,26). The summed E-state index contributed by atoms with van der Waals surface area (Å²) in [6, 6.07) is 7.41. The number of nitrogens with zero attached hydrogens (tertiary/aromatic N) is 3. The molecule has 1 saturated heterocycles. The van der Waals surface area contributed by atoms with Crippen molar-refractivity contribution in [2.75, 3.05) is 32.8 Å². The van der Waals surface area contributed by atoms with E-state index in [-0.39, 0.29) is 22.9 Å². The molecular formula is C20H24N4O5S. The molecular weight excluding hydrogens is 408 g/mol. The van der Waals surface area contributed by atoms with Gasteiger partial charge < -0.3 is 10.1 Å². The quantitative estimate of drug-likeness (QED) is 0.685. The molecule has 2 aliphatic rings. The van der Waals surface area contributed by atoms with E-state index in [4.69, 9.17) is 4.74 Å². The third kappa shape index (κ3) is 4.61. The average Bonchev–Trinajstić information content (AvgIpc) is 3.61. The van der Waals surface area contributed by atoms with E-state index in [1.165, 1.54) is 39.5 Å². The van der Waals surface area contributed by atoms with Crippen LogP contribution in [0, 0.1) is 0 Å². The fourth-order valence-electron chi connectivity index (χ4n) is 3.32. The number of amides is 1. The molecule has 4 rings (SSSR count). The van der Waals surface area contributed by atoms with E-state index in [1.807, 2.05) is 0 Å². The van der Waals surface area contributed by atoms with Crippen molar-refractivity contribution in [3.8, 4) is 0 Å². The van der Waals surface area contributed by atoms with Gasteiger partial charge in [0.25, 0.3) is 11.5 Å². The zero-order valence-corrected chi connectivity index (χ0v) is 17.3. The number of rotatable bonds is 7. The van der Waals surface area contributed by atoms with Crippen LogP contribution in [0.15, 0.2) is 46.3 Å². The number of sulfonamides is 1. The van der Waals surface area contributed by atoms with E-state index in [0.717, 1.165) is 18.5 Å². The molecule has 0 atom stereocenters. The Kier molecular flexibility index (Phi) is 5.98. The van der Waals surface area contributed by atoms with Crippen LogP contribution in [0.2, 0.25) is 0 Å². The lowest BCUT2D eigenvalue weighted by Gasteiger charge is -2.26. The SMILES string of the molecule is O=C(NCCn1cnc(C2CC2)cc1=O)c1ccc(S(=O)(=O)N2CCOCC2)cc1. The first-order valence-electron chi connectivity index (χ1n) is 9.98. The van der Waals surface area contributed by atoms with Crippen molar-refractivity contribution < 1.29 is 17.9 Å². The van der Waals surface area contributed by atoms with Crippen LogP contribution in [-0.2, 0) is 21.3 Å². The lowest BCUT2D eigenvalue weighted by atomic mass is 10.2. The van der Waals surface area contributed by atoms with Gasteiger partial charge in [-0.1, -0.05) is 0 Å². The monoisotopic (exact) mass is 432 g/mol. The number of ether oxygens (including phenoxy) is 1. The molecule has 0 unspecified atom stereocenters. The van der Waals surface area contributed by atoms with Crippen molar-refractivity contribution in [3.05, 3.63) is 58.3 Å². The summed E-state index contributed by atoms with van der Waals surface area (Å²) in [5.41, 5.74) is 1.07. The number of carbonyl (C=O) groups is 1. The van der Waals surface area contributed by atoms with Crippen LogP contribution in [0.25, 0.3) is 0 Å². The Balaban J connectivity index is 1.33. The maximum absolute atomic E-state index is 12.6. The number of nitrogens with one attached hydrogen (secondary N) is 1. The molecule has 1 aromatic heterocycles. The van der Waals surface area contributed by atoms with Crippen molar-refractivity contribution in [2.45, 2.75) is 30.2 Å². The zero-order chi connectivity index (χ0) is 21.1. The van der Waals surface area contributed by atoms with Gasteiger partial charge in [-0.15, -0.1) is 0 Å². The number of carbonyl (C=O) groups excluding carboxylic acids is 1. The highest BCUT2D eigenvalue weighted by atomic mass is 32.2. The van der Waals surface area contributed by atoms with Crippen LogP contribution in [-0.4, -0.2) is 61.0 Å². The van der Waals surface area contributed by atoms with E-state index in [1.54, 1.807) is 6.07 Å². The van der Waals surface area contributed by atoms with Crippen LogP contribution >= 0.6 is 0 Å². The minimum Gasteiger partial charge on any atom is -0.379 e. The summed E-state index contributed by atoms with van der Waals surface area (Å²) in [4.78, 5) is 28.9. The van der Waals surface area contributed by atoms with Gasteiger partial charge in [0, 0.05) is 43.7 Å². The Morgan fingerprint density at radius 3 is 2.50 bits per heavy atom. The van der Waals surface area contributed by atoms with E-state index in [9.17, 15) is 18.0 Å². The number of aromatic nitrogens is 2. The Morgan fingerprint density at radius 2 is 1.87 bits per heavy atom. The van der Waals surface area contributed by atoms with Crippen molar-refractivity contribution in [3.63, 3.8) is 0 Å². The molecule has 2 aromatic rings. The second-order valence-electron chi connectivity index (χ2n) is 7.42. The zero-order valence-electron chi connectivity index (χ0n) is 16.5. The summed E-state index contributed by atoms with van der Waals surface area (Å²) in [5, 5.41) is 2.74. The second-order valence-corrected chi connectivity index (χ2v) is 9.35. The number of benzene rings is 1. The Hall–Kier alpha value is -2.56. The second kappa shape index (κ2) is 8.66. The van der Waals surface area contributed by atoms with E-state index >= 15 is 0 Å². The van der Waals surface area contributed by atoms with Crippen LogP contribution in [0.3, 0.4) is 0 Å². The third-order valence-corrected chi connectivity index (χ3v) is 7.17. The number of hydrogen-bond donors (Lipinski definition) is 1. The van der Waals surface area contributed by atoms with Crippen molar-refractivity contribution >= 4 is 15.9 Å². The Bertz CT molecular complexity index is 1070. The van der Waals surface area contributed by atoms with Gasteiger partial charge in [0.15, 0.2) is 0 Å². The van der Waals surface area contributed by atoms with Gasteiger partial charge in [0.05, 0.1) is 30.1 Å². The van der Waals surface area contributed by atoms with Gasteiger partial charge in [-0.05, 0) is 37.1 Å². The number of hydrogen-bond acceptors (Lipinski definition) is 6. The fourth-order valence-corrected chi connectivity index (χ4v) is 4.72. The first-order valence-corrected chi connectivity index (χ1v) is 11.4. The summed E-state index contributed by atoms with van der Waals surface area (Å²) in [5.74, 6) is 0.0861. The van der Waals surface area contributed by atoms with Crippen molar-refractivity contribution in [2.24, 2.45) is 0 Å². The molecule has 1 amide bonds. The maximum atomic E-state index is 12.6. The molecule has 0 radical (unpaired) electrons. The van der Waals surface area contributed by atoms with Crippen LogP contribution in [0.4, 0.5) is 0 Å². The predicted molar refractivity (Wildman–Crippen MR) is 109 cm³/mol. The molecule has 1 aliphatic heterocycles. The molecule has 1 N–H and O–H groups in total. The Labute approximate surface area is 174 Å². The molecule has 0 bridgehead atoms. The van der Waals surface area contributed by atoms with Gasteiger partial charge >= 0.3 is 0 Å². The Morgan fingerprint density at radius 1 is 1.17 bits per heavy atom. The summed E-state index contributed by atoms with van der Waals surface area (Å²) in [6.07, 6.45) is 3.69. The van der Waals surface area contributed by atoms with E-state index < -0.39 is 10.0 Å². The predicted octanol–water partition coefficient (Wildman–Crippen LogP) is 0.572. The molecule has 10 heteroatoms. The van der Waals surface area contributed by atoms with Crippen LogP contribution in [0.5, 0.6) is 0 Å². The van der Waals surface area contributed by atoms with Crippen LogP contribution < -0.4 is 10.9 Å². The normalized spacial score (nSPS) is 17.6. The first-order chi connectivity index (χ1) is 14.4. The first kappa shape index (κ1) is 20.7. The molecule has 1 aliphatic carbocycles. The summed E-state index contributed by atoms with van der Waals surface area (Å²) >= 11 is 0. The van der Waals surface area contributed by atoms with Crippen molar-refractivity contribution in [1.82, 2.24) is 19.2 Å². The lowest BCUT2D eigenvalue weighted by Crippen LogP contribution is -2.40. The molecule has 1 saturated carbocycles. The molecule has 9 nitrogen and oxygen atoms in total. The number of morpholine rings is 1. The molecule has 1 aromatic carbocycles. The van der Waals surface area contributed by atoms with Crippen molar-refractivity contribution in [1.29, 1.82) is 0 Å². The van der Waals surface area contributed by atoms with Crippen LogP contribution in [0.1, 0.15) is 34.8 Å². The van der Waals surface area contributed by atoms with Gasteiger partial charge in [0.1, 0.15) is 0 Å². The van der Waals surface area contributed by atoms with E-state index in [2.05, 4.69) is 10.3 Å². The molecule has 160 valence electrons. The molecule has 0 spiro atoms. The van der Waals surface area contributed by atoms with Gasteiger partial charge in [-0.2, -0.15) is 4.31 Å². The largest absolute Gasteiger partial charge is 0.379 e.